The molecule has 2 aliphatic rings. The van der Waals surface area contributed by atoms with Gasteiger partial charge in [-0.25, -0.2) is 0 Å². The molecule has 1 N–H and O–H groups in total. The number of hydrogen-bond acceptors (Lipinski definition) is 2. The third-order valence-corrected chi connectivity index (χ3v) is 3.70. The number of carboxylic acids is 1. The summed E-state index contributed by atoms with van der Waals surface area (Å²) in [5.74, 6) is 0.236. The highest BCUT2D eigenvalue weighted by Gasteiger charge is 2.27. The maximum absolute atomic E-state index is 10.8. The van der Waals surface area contributed by atoms with Gasteiger partial charge in [0.15, 0.2) is 0 Å². The zero-order valence-electron chi connectivity index (χ0n) is 9.32. The molecule has 3 nitrogen and oxygen atoms in total. The Balaban J connectivity index is 1.79. The lowest BCUT2D eigenvalue weighted by molar-refractivity contribution is -0.138. The first-order valence-electron chi connectivity index (χ1n) is 6.21. The minimum atomic E-state index is -0.669. The van der Waals surface area contributed by atoms with Gasteiger partial charge in [-0.1, -0.05) is 25.7 Å². The van der Waals surface area contributed by atoms with Gasteiger partial charge in [-0.3, -0.25) is 9.69 Å². The number of carboxylic acid groups (broad SMARTS) is 1. The van der Waals surface area contributed by atoms with E-state index in [1.165, 1.54) is 44.9 Å². The molecule has 0 bridgehead atoms. The van der Waals surface area contributed by atoms with Crippen LogP contribution in [-0.4, -0.2) is 35.1 Å². The van der Waals surface area contributed by atoms with Crippen LogP contribution in [0.15, 0.2) is 0 Å². The van der Waals surface area contributed by atoms with Gasteiger partial charge in [-0.05, 0) is 31.7 Å². The maximum Gasteiger partial charge on any atom is 0.317 e. The van der Waals surface area contributed by atoms with Crippen LogP contribution < -0.4 is 0 Å². The summed E-state index contributed by atoms with van der Waals surface area (Å²) in [4.78, 5) is 13.0. The quantitative estimate of drug-likeness (QED) is 0.731. The minimum absolute atomic E-state index is 0.247. The lowest BCUT2D eigenvalue weighted by Gasteiger charge is -2.26. The SMILES string of the molecule is O=C(O)CN(CCC1CC1)C1CCCC1. The summed E-state index contributed by atoms with van der Waals surface area (Å²) >= 11 is 0. The van der Waals surface area contributed by atoms with Gasteiger partial charge in [0, 0.05) is 6.04 Å². The molecule has 2 saturated carbocycles. The highest BCUT2D eigenvalue weighted by Crippen LogP contribution is 2.33. The zero-order chi connectivity index (χ0) is 10.7. The number of aliphatic carboxylic acids is 1. The van der Waals surface area contributed by atoms with Crippen molar-refractivity contribution in [3.8, 4) is 0 Å². The molecular weight excluding hydrogens is 190 g/mol. The predicted molar refractivity (Wildman–Crippen MR) is 58.8 cm³/mol. The highest BCUT2D eigenvalue weighted by atomic mass is 16.4. The van der Waals surface area contributed by atoms with E-state index in [4.69, 9.17) is 5.11 Å². The van der Waals surface area contributed by atoms with Crippen LogP contribution in [0.1, 0.15) is 44.9 Å². The van der Waals surface area contributed by atoms with E-state index in [9.17, 15) is 4.79 Å². The van der Waals surface area contributed by atoms with Crippen LogP contribution >= 0.6 is 0 Å². The smallest absolute Gasteiger partial charge is 0.317 e. The Bertz CT molecular complexity index is 220. The van der Waals surface area contributed by atoms with Crippen molar-refractivity contribution in [2.75, 3.05) is 13.1 Å². The van der Waals surface area contributed by atoms with E-state index in [-0.39, 0.29) is 6.54 Å². The fraction of sp³-hybridized carbons (Fsp3) is 0.917. The summed E-state index contributed by atoms with van der Waals surface area (Å²) in [6.45, 7) is 1.25. The molecule has 0 amide bonds. The molecule has 0 aromatic carbocycles. The Morgan fingerprint density at radius 1 is 1.20 bits per heavy atom. The lowest BCUT2D eigenvalue weighted by atomic mass is 10.2. The van der Waals surface area contributed by atoms with Gasteiger partial charge >= 0.3 is 5.97 Å². The Labute approximate surface area is 91.5 Å². The second-order valence-electron chi connectivity index (χ2n) is 5.03. The van der Waals surface area contributed by atoms with Gasteiger partial charge in [0.2, 0.25) is 0 Å². The Hall–Kier alpha value is -0.570. The normalized spacial score (nSPS) is 22.5. The third-order valence-electron chi connectivity index (χ3n) is 3.70. The van der Waals surface area contributed by atoms with Crippen molar-refractivity contribution in [1.29, 1.82) is 0 Å². The molecular formula is C12H21NO2. The molecule has 0 unspecified atom stereocenters. The topological polar surface area (TPSA) is 40.5 Å². The van der Waals surface area contributed by atoms with E-state index >= 15 is 0 Å². The van der Waals surface area contributed by atoms with Gasteiger partial charge in [-0.15, -0.1) is 0 Å². The largest absolute Gasteiger partial charge is 0.480 e. The number of rotatable bonds is 6. The first-order chi connectivity index (χ1) is 7.25. The first-order valence-corrected chi connectivity index (χ1v) is 6.21. The molecule has 0 heterocycles. The number of nitrogens with zero attached hydrogens (tertiary/aromatic N) is 1. The zero-order valence-corrected chi connectivity index (χ0v) is 9.32. The van der Waals surface area contributed by atoms with Crippen LogP contribution in [-0.2, 0) is 4.79 Å². The standard InChI is InChI=1S/C12H21NO2/c14-12(15)9-13(8-7-10-5-6-10)11-3-1-2-4-11/h10-11H,1-9H2,(H,14,15). The first kappa shape index (κ1) is 10.9. The van der Waals surface area contributed by atoms with Crippen LogP contribution in [0.2, 0.25) is 0 Å². The fourth-order valence-electron chi connectivity index (χ4n) is 2.59. The summed E-state index contributed by atoms with van der Waals surface area (Å²) in [6, 6.07) is 0.555. The van der Waals surface area contributed by atoms with Crippen LogP contribution in [0.3, 0.4) is 0 Å². The number of carbonyl (C=O) groups is 1. The fourth-order valence-corrected chi connectivity index (χ4v) is 2.59. The van der Waals surface area contributed by atoms with E-state index in [1.807, 2.05) is 0 Å². The Morgan fingerprint density at radius 2 is 1.87 bits per heavy atom. The van der Waals surface area contributed by atoms with E-state index < -0.39 is 5.97 Å². The van der Waals surface area contributed by atoms with Crippen molar-refractivity contribution >= 4 is 5.97 Å². The average Bonchev–Trinajstić information content (AvgIpc) is 2.85. The van der Waals surface area contributed by atoms with E-state index in [0.717, 1.165) is 12.5 Å². The van der Waals surface area contributed by atoms with Gasteiger partial charge in [-0.2, -0.15) is 0 Å². The van der Waals surface area contributed by atoms with Crippen LogP contribution in [0.5, 0.6) is 0 Å². The summed E-state index contributed by atoms with van der Waals surface area (Å²) in [6.07, 6.45) is 8.92. The molecule has 0 atom stereocenters. The molecule has 0 radical (unpaired) electrons. The minimum Gasteiger partial charge on any atom is -0.480 e. The molecule has 2 rings (SSSR count). The second kappa shape index (κ2) is 4.97. The molecule has 2 aliphatic carbocycles. The summed E-state index contributed by atoms with van der Waals surface area (Å²) in [5.41, 5.74) is 0. The molecule has 86 valence electrons. The molecule has 0 aromatic rings. The monoisotopic (exact) mass is 211 g/mol. The lowest BCUT2D eigenvalue weighted by Crippen LogP contribution is -2.38. The third kappa shape index (κ3) is 3.49. The molecule has 0 aliphatic heterocycles. The summed E-state index contributed by atoms with van der Waals surface area (Å²) in [7, 11) is 0. The molecule has 0 spiro atoms. The molecule has 0 saturated heterocycles. The van der Waals surface area contributed by atoms with Gasteiger partial charge in [0.05, 0.1) is 6.54 Å². The Morgan fingerprint density at radius 3 is 2.40 bits per heavy atom. The molecule has 2 fully saturated rings. The van der Waals surface area contributed by atoms with E-state index in [1.54, 1.807) is 0 Å². The van der Waals surface area contributed by atoms with Gasteiger partial charge in [0.25, 0.3) is 0 Å². The van der Waals surface area contributed by atoms with Gasteiger partial charge in [0.1, 0.15) is 0 Å². The van der Waals surface area contributed by atoms with E-state index in [0.29, 0.717) is 6.04 Å². The van der Waals surface area contributed by atoms with Crippen molar-refractivity contribution in [2.45, 2.75) is 51.0 Å². The van der Waals surface area contributed by atoms with Crippen molar-refractivity contribution in [3.63, 3.8) is 0 Å². The predicted octanol–water partition coefficient (Wildman–Crippen LogP) is 2.12. The van der Waals surface area contributed by atoms with Crippen molar-refractivity contribution in [3.05, 3.63) is 0 Å². The van der Waals surface area contributed by atoms with Crippen molar-refractivity contribution in [1.82, 2.24) is 4.90 Å². The Kier molecular flexibility index (Phi) is 3.62. The van der Waals surface area contributed by atoms with Gasteiger partial charge < -0.3 is 5.11 Å². The van der Waals surface area contributed by atoms with Crippen molar-refractivity contribution in [2.24, 2.45) is 5.92 Å². The molecule has 0 aromatic heterocycles. The summed E-state index contributed by atoms with van der Waals surface area (Å²) < 4.78 is 0. The second-order valence-corrected chi connectivity index (χ2v) is 5.03. The molecule has 3 heteroatoms. The number of hydrogen-bond donors (Lipinski definition) is 1. The summed E-state index contributed by atoms with van der Waals surface area (Å²) in [5, 5.41) is 8.88. The average molecular weight is 211 g/mol. The molecule has 15 heavy (non-hydrogen) atoms. The van der Waals surface area contributed by atoms with Crippen LogP contribution in [0, 0.1) is 5.92 Å². The maximum atomic E-state index is 10.8. The van der Waals surface area contributed by atoms with Crippen LogP contribution in [0.25, 0.3) is 0 Å². The van der Waals surface area contributed by atoms with E-state index in [2.05, 4.69) is 4.90 Å². The van der Waals surface area contributed by atoms with Crippen LogP contribution in [0.4, 0.5) is 0 Å². The highest BCUT2D eigenvalue weighted by molar-refractivity contribution is 5.69. The van der Waals surface area contributed by atoms with Crippen molar-refractivity contribution < 1.29 is 9.90 Å².